The lowest BCUT2D eigenvalue weighted by Crippen LogP contribution is -2.36. The summed E-state index contributed by atoms with van der Waals surface area (Å²) in [6.07, 6.45) is 3.27. The van der Waals surface area contributed by atoms with Crippen molar-refractivity contribution >= 4 is 17.3 Å². The first-order chi connectivity index (χ1) is 16.5. The smallest absolute Gasteiger partial charge is 0.242 e. The Morgan fingerprint density at radius 2 is 1.71 bits per heavy atom. The lowest BCUT2D eigenvalue weighted by molar-refractivity contribution is -0.133. The van der Waals surface area contributed by atoms with Gasteiger partial charge in [-0.05, 0) is 55.5 Å². The highest BCUT2D eigenvalue weighted by molar-refractivity contribution is 6.14. The number of methoxy groups -OCH3 is 2. The Labute approximate surface area is 202 Å². The van der Waals surface area contributed by atoms with Gasteiger partial charge >= 0.3 is 0 Å². The second-order valence-electron chi connectivity index (χ2n) is 8.94. The van der Waals surface area contributed by atoms with Gasteiger partial charge in [0.15, 0.2) is 11.5 Å². The van der Waals surface area contributed by atoms with E-state index < -0.39 is 0 Å². The van der Waals surface area contributed by atoms with Crippen LogP contribution in [0, 0.1) is 0 Å². The zero-order valence-electron chi connectivity index (χ0n) is 20.6. The molecule has 1 saturated heterocycles. The van der Waals surface area contributed by atoms with Crippen LogP contribution < -0.4 is 14.4 Å². The highest BCUT2D eigenvalue weighted by atomic mass is 16.5. The number of aliphatic hydroxyl groups excluding tert-OH is 1. The normalized spacial score (nSPS) is 18.7. The molecule has 0 bridgehead atoms. The molecule has 1 unspecified atom stereocenters. The van der Waals surface area contributed by atoms with Gasteiger partial charge < -0.3 is 19.5 Å². The molecule has 1 fully saturated rings. The number of hydrazone groups is 1. The summed E-state index contributed by atoms with van der Waals surface area (Å²) in [5.41, 5.74) is 4.87. The number of amides is 1. The van der Waals surface area contributed by atoms with E-state index in [0.29, 0.717) is 24.3 Å². The van der Waals surface area contributed by atoms with Crippen LogP contribution in [0.1, 0.15) is 56.2 Å². The number of hydrogen-bond acceptors (Lipinski definition) is 6. The molecular formula is C27H35N3O4. The van der Waals surface area contributed by atoms with Crippen LogP contribution in [-0.2, 0) is 11.2 Å². The average molecular weight is 466 g/mol. The van der Waals surface area contributed by atoms with Gasteiger partial charge in [-0.25, -0.2) is 5.01 Å². The van der Waals surface area contributed by atoms with E-state index in [9.17, 15) is 9.90 Å². The predicted molar refractivity (Wildman–Crippen MR) is 134 cm³/mol. The lowest BCUT2D eigenvalue weighted by Gasteiger charge is -2.31. The Morgan fingerprint density at radius 3 is 2.29 bits per heavy atom. The van der Waals surface area contributed by atoms with Gasteiger partial charge in [0.05, 0.1) is 32.1 Å². The van der Waals surface area contributed by atoms with Crippen LogP contribution in [0.4, 0.5) is 5.69 Å². The third-order valence-corrected chi connectivity index (χ3v) is 6.87. The van der Waals surface area contributed by atoms with E-state index in [2.05, 4.69) is 36.1 Å². The van der Waals surface area contributed by atoms with Crippen LogP contribution in [0.3, 0.4) is 0 Å². The molecule has 2 heterocycles. The van der Waals surface area contributed by atoms with Crippen LogP contribution in [0.15, 0.2) is 41.5 Å². The third-order valence-electron chi connectivity index (χ3n) is 6.87. The minimum absolute atomic E-state index is 0.0135. The van der Waals surface area contributed by atoms with E-state index >= 15 is 0 Å². The number of fused-ring (bicyclic) bond motifs is 1. The second-order valence-corrected chi connectivity index (χ2v) is 8.94. The average Bonchev–Trinajstić information content (AvgIpc) is 3.04. The van der Waals surface area contributed by atoms with Crippen molar-refractivity contribution in [2.24, 2.45) is 5.10 Å². The van der Waals surface area contributed by atoms with Gasteiger partial charge in [0.1, 0.15) is 0 Å². The summed E-state index contributed by atoms with van der Waals surface area (Å²) in [6, 6.07) is 12.3. The van der Waals surface area contributed by atoms with Gasteiger partial charge in [-0.1, -0.05) is 26.0 Å². The van der Waals surface area contributed by atoms with Gasteiger partial charge in [-0.2, -0.15) is 5.10 Å². The van der Waals surface area contributed by atoms with Crippen LogP contribution in [0.25, 0.3) is 0 Å². The fourth-order valence-electron chi connectivity index (χ4n) is 4.80. The molecule has 34 heavy (non-hydrogen) atoms. The highest BCUT2D eigenvalue weighted by Gasteiger charge is 2.29. The van der Waals surface area contributed by atoms with Crippen LogP contribution in [-0.4, -0.2) is 61.2 Å². The molecule has 4 rings (SSSR count). The Hall–Kier alpha value is -3.06. The first kappa shape index (κ1) is 24.1. The molecule has 7 heteroatoms. The van der Waals surface area contributed by atoms with Crippen LogP contribution >= 0.6 is 0 Å². The Kier molecular flexibility index (Phi) is 7.41. The number of carbonyl (C=O) groups excluding carboxylic acids is 1. The van der Waals surface area contributed by atoms with Crippen molar-refractivity contribution in [1.82, 2.24) is 5.01 Å². The van der Waals surface area contributed by atoms with Gasteiger partial charge in [0, 0.05) is 36.3 Å². The molecule has 0 radical (unpaired) electrons. The van der Waals surface area contributed by atoms with Gasteiger partial charge in [0.2, 0.25) is 5.91 Å². The summed E-state index contributed by atoms with van der Waals surface area (Å²) in [7, 11) is 3.27. The van der Waals surface area contributed by atoms with Gasteiger partial charge in [-0.3, -0.25) is 4.79 Å². The summed E-state index contributed by atoms with van der Waals surface area (Å²) < 4.78 is 11.2. The van der Waals surface area contributed by atoms with Crippen molar-refractivity contribution < 1.29 is 19.4 Å². The monoisotopic (exact) mass is 465 g/mol. The molecular weight excluding hydrogens is 430 g/mol. The minimum atomic E-state index is -0.201. The Balaban J connectivity index is 1.79. The van der Waals surface area contributed by atoms with Crippen molar-refractivity contribution in [2.75, 3.05) is 32.2 Å². The van der Waals surface area contributed by atoms with Crippen molar-refractivity contribution in [3.8, 4) is 11.5 Å². The summed E-state index contributed by atoms with van der Waals surface area (Å²) in [4.78, 5) is 15.2. The molecule has 2 aliphatic heterocycles. The van der Waals surface area contributed by atoms with Crippen molar-refractivity contribution in [2.45, 2.75) is 58.1 Å². The fourth-order valence-corrected chi connectivity index (χ4v) is 4.80. The summed E-state index contributed by atoms with van der Waals surface area (Å²) in [5, 5.41) is 16.5. The predicted octanol–water partition coefficient (Wildman–Crippen LogP) is 3.99. The quantitative estimate of drug-likeness (QED) is 0.698. The van der Waals surface area contributed by atoms with Gasteiger partial charge in [-0.15, -0.1) is 0 Å². The van der Waals surface area contributed by atoms with Gasteiger partial charge in [0.25, 0.3) is 0 Å². The molecule has 182 valence electrons. The molecule has 1 amide bonds. The van der Waals surface area contributed by atoms with Crippen LogP contribution in [0.5, 0.6) is 11.5 Å². The van der Waals surface area contributed by atoms with E-state index in [0.717, 1.165) is 60.4 Å². The molecule has 1 atom stereocenters. The summed E-state index contributed by atoms with van der Waals surface area (Å²) in [6.45, 7) is 5.65. The topological polar surface area (TPSA) is 74.6 Å². The van der Waals surface area contributed by atoms with Crippen LogP contribution in [0.2, 0.25) is 0 Å². The maximum Gasteiger partial charge on any atom is 0.242 e. The molecule has 7 nitrogen and oxygen atoms in total. The molecule has 0 spiro atoms. The number of benzene rings is 2. The molecule has 0 aromatic heterocycles. The molecule has 0 saturated carbocycles. The first-order valence-electron chi connectivity index (χ1n) is 12.2. The zero-order valence-corrected chi connectivity index (χ0v) is 20.6. The fraction of sp³-hybridized carbons (Fsp3) is 0.481. The number of ether oxygens (including phenoxy) is 2. The minimum Gasteiger partial charge on any atom is -0.493 e. The molecule has 1 N–H and O–H groups in total. The largest absolute Gasteiger partial charge is 0.493 e. The molecule has 2 aromatic rings. The number of hydrogen-bond donors (Lipinski definition) is 1. The number of carbonyl (C=O) groups is 1. The number of piperidine rings is 1. The number of anilines is 1. The number of rotatable bonds is 6. The van der Waals surface area contributed by atoms with E-state index in [-0.39, 0.29) is 18.1 Å². The maximum atomic E-state index is 12.9. The van der Waals surface area contributed by atoms with E-state index in [1.807, 2.05) is 19.1 Å². The first-order valence-corrected chi connectivity index (χ1v) is 12.2. The van der Waals surface area contributed by atoms with Crippen molar-refractivity contribution in [1.29, 1.82) is 0 Å². The Bertz CT molecular complexity index is 1040. The standard InChI is InChI=1S/C27H35N3O4/c1-5-20-15-19-16-24(33-3)25(34-4)17-23(19)27(28-30(20)26(32)6-2)18-7-9-21(10-8-18)29-13-11-22(31)12-14-29/h7-10,16-17,20,22,31H,5-6,11-15H2,1-4H3. The Morgan fingerprint density at radius 1 is 1.06 bits per heavy atom. The SMILES string of the molecule is CCC(=O)N1N=C(c2ccc(N3CCC(O)CC3)cc2)c2cc(OC)c(OC)cc2CC1CC. The second kappa shape index (κ2) is 10.5. The van der Waals surface area contributed by atoms with Crippen molar-refractivity contribution in [3.05, 3.63) is 53.1 Å². The van der Waals surface area contributed by atoms with E-state index in [1.54, 1.807) is 19.2 Å². The summed E-state index contributed by atoms with van der Waals surface area (Å²) >= 11 is 0. The summed E-state index contributed by atoms with van der Waals surface area (Å²) in [5.74, 6) is 1.33. The van der Waals surface area contributed by atoms with Crippen molar-refractivity contribution in [3.63, 3.8) is 0 Å². The molecule has 2 aliphatic rings. The molecule has 0 aliphatic carbocycles. The van der Waals surface area contributed by atoms with E-state index in [1.165, 1.54) is 0 Å². The maximum absolute atomic E-state index is 12.9. The third kappa shape index (κ3) is 4.75. The van der Waals surface area contributed by atoms with E-state index in [4.69, 9.17) is 14.6 Å². The highest BCUT2D eigenvalue weighted by Crippen LogP contribution is 2.35. The zero-order chi connectivity index (χ0) is 24.2. The molecule has 2 aromatic carbocycles. The number of nitrogens with zero attached hydrogens (tertiary/aromatic N) is 3. The lowest BCUT2D eigenvalue weighted by atomic mass is 9.93. The number of aliphatic hydroxyl groups is 1.